The summed E-state index contributed by atoms with van der Waals surface area (Å²) in [4.78, 5) is 29.8. The molecule has 0 radical (unpaired) electrons. The van der Waals surface area contributed by atoms with Gasteiger partial charge in [-0.1, -0.05) is 25.1 Å². The van der Waals surface area contributed by atoms with Gasteiger partial charge in [0, 0.05) is 48.7 Å². The normalized spacial score (nSPS) is 10.8. The van der Waals surface area contributed by atoms with Gasteiger partial charge in [0.1, 0.15) is 12.1 Å². The summed E-state index contributed by atoms with van der Waals surface area (Å²) in [5, 5.41) is 6.90. The fraction of sp³-hybridized carbons (Fsp3) is 0.208. The van der Waals surface area contributed by atoms with Gasteiger partial charge in [0.2, 0.25) is 0 Å². The minimum atomic E-state index is -0.113. The van der Waals surface area contributed by atoms with Crippen LogP contribution in [-0.4, -0.2) is 39.4 Å². The van der Waals surface area contributed by atoms with Crippen LogP contribution in [-0.2, 0) is 12.8 Å². The second-order valence-electron chi connectivity index (χ2n) is 7.11. The Morgan fingerprint density at radius 3 is 2.71 bits per heavy atom. The summed E-state index contributed by atoms with van der Waals surface area (Å²) < 4.78 is 0. The molecule has 0 spiro atoms. The predicted octanol–water partition coefficient (Wildman–Crippen LogP) is 3.66. The van der Waals surface area contributed by atoms with Crippen molar-refractivity contribution >= 4 is 22.6 Å². The number of nitrogens with one attached hydrogen (secondary N) is 2. The zero-order valence-corrected chi connectivity index (χ0v) is 17.6. The van der Waals surface area contributed by atoms with E-state index < -0.39 is 0 Å². The Balaban J connectivity index is 1.48. The number of aryl methyl sites for hydroxylation is 1. The SMILES string of the molecule is CCc1ccc(-c2cc(NCCc3cccc4c(C(=O)NC)ccnc34)ncn2)cn1. The Morgan fingerprint density at radius 1 is 1.03 bits per heavy atom. The quantitative estimate of drug-likeness (QED) is 0.481. The third-order valence-corrected chi connectivity index (χ3v) is 5.18. The third kappa shape index (κ3) is 4.50. The summed E-state index contributed by atoms with van der Waals surface area (Å²) in [6.45, 7) is 2.76. The van der Waals surface area contributed by atoms with E-state index in [0.29, 0.717) is 12.1 Å². The Hall–Kier alpha value is -3.87. The molecule has 7 nitrogen and oxygen atoms in total. The van der Waals surface area contributed by atoms with E-state index in [1.807, 2.05) is 42.6 Å². The maximum atomic E-state index is 12.2. The molecule has 0 saturated carbocycles. The Morgan fingerprint density at radius 2 is 1.94 bits per heavy atom. The molecule has 0 fully saturated rings. The van der Waals surface area contributed by atoms with Crippen LogP contribution >= 0.6 is 0 Å². The van der Waals surface area contributed by atoms with Crippen LogP contribution in [0.2, 0.25) is 0 Å². The number of hydrogen-bond acceptors (Lipinski definition) is 6. The van der Waals surface area contributed by atoms with Crippen LogP contribution in [0.4, 0.5) is 5.82 Å². The molecule has 3 heterocycles. The Bertz CT molecular complexity index is 1210. The summed E-state index contributed by atoms with van der Waals surface area (Å²) in [5.41, 5.74) is 5.39. The van der Waals surface area contributed by atoms with Crippen molar-refractivity contribution in [2.24, 2.45) is 0 Å². The van der Waals surface area contributed by atoms with E-state index >= 15 is 0 Å². The number of amides is 1. The fourth-order valence-corrected chi connectivity index (χ4v) is 3.49. The molecule has 0 atom stereocenters. The highest BCUT2D eigenvalue weighted by Gasteiger charge is 2.11. The monoisotopic (exact) mass is 412 g/mol. The predicted molar refractivity (Wildman–Crippen MR) is 122 cm³/mol. The van der Waals surface area contributed by atoms with Gasteiger partial charge in [-0.2, -0.15) is 0 Å². The Labute approximate surface area is 181 Å². The molecule has 1 amide bonds. The van der Waals surface area contributed by atoms with E-state index in [2.05, 4.69) is 37.5 Å². The van der Waals surface area contributed by atoms with Crippen molar-refractivity contribution in [3.63, 3.8) is 0 Å². The van der Waals surface area contributed by atoms with Gasteiger partial charge in [-0.25, -0.2) is 9.97 Å². The first-order valence-electron chi connectivity index (χ1n) is 10.3. The van der Waals surface area contributed by atoms with Crippen LogP contribution in [0, 0.1) is 0 Å². The Kier molecular flexibility index (Phi) is 6.12. The molecule has 0 saturated heterocycles. The number of carbonyl (C=O) groups excluding carboxylic acids is 1. The van der Waals surface area contributed by atoms with Crippen LogP contribution in [0.1, 0.15) is 28.5 Å². The van der Waals surface area contributed by atoms with Crippen molar-refractivity contribution in [2.45, 2.75) is 19.8 Å². The molecule has 3 aromatic heterocycles. The maximum absolute atomic E-state index is 12.2. The number of pyridine rings is 2. The molecule has 7 heteroatoms. The summed E-state index contributed by atoms with van der Waals surface area (Å²) in [7, 11) is 1.63. The van der Waals surface area contributed by atoms with E-state index in [1.54, 1.807) is 25.6 Å². The molecule has 0 aliphatic carbocycles. The van der Waals surface area contributed by atoms with Crippen LogP contribution in [0.25, 0.3) is 22.2 Å². The lowest BCUT2D eigenvalue weighted by Crippen LogP contribution is -2.18. The molecule has 31 heavy (non-hydrogen) atoms. The van der Waals surface area contributed by atoms with Gasteiger partial charge in [0.05, 0.1) is 16.8 Å². The molecule has 4 aromatic rings. The third-order valence-electron chi connectivity index (χ3n) is 5.18. The van der Waals surface area contributed by atoms with Crippen LogP contribution in [0.5, 0.6) is 0 Å². The summed E-state index contributed by atoms with van der Waals surface area (Å²) in [6.07, 6.45) is 6.73. The molecular formula is C24H24N6O. The zero-order chi connectivity index (χ0) is 21.6. The van der Waals surface area contributed by atoms with Crippen LogP contribution in [0.15, 0.2) is 61.2 Å². The van der Waals surface area contributed by atoms with Crippen molar-refractivity contribution in [1.29, 1.82) is 0 Å². The fourth-order valence-electron chi connectivity index (χ4n) is 3.49. The smallest absolute Gasteiger partial charge is 0.251 e. The molecule has 0 aliphatic rings. The molecule has 0 aliphatic heterocycles. The van der Waals surface area contributed by atoms with Gasteiger partial charge in [-0.15, -0.1) is 0 Å². The number of benzene rings is 1. The topological polar surface area (TPSA) is 92.7 Å². The molecule has 156 valence electrons. The highest BCUT2D eigenvalue weighted by atomic mass is 16.1. The average molecular weight is 412 g/mol. The summed E-state index contributed by atoms with van der Waals surface area (Å²) in [5.74, 6) is 0.640. The molecule has 0 unspecified atom stereocenters. The summed E-state index contributed by atoms with van der Waals surface area (Å²) >= 11 is 0. The van der Waals surface area contributed by atoms with E-state index in [1.165, 1.54) is 0 Å². The van der Waals surface area contributed by atoms with Gasteiger partial charge in [-0.3, -0.25) is 14.8 Å². The van der Waals surface area contributed by atoms with Crippen molar-refractivity contribution in [3.05, 3.63) is 78.0 Å². The minimum Gasteiger partial charge on any atom is -0.370 e. The number of hydrogen-bond donors (Lipinski definition) is 2. The van der Waals surface area contributed by atoms with E-state index in [4.69, 9.17) is 0 Å². The van der Waals surface area contributed by atoms with Crippen molar-refractivity contribution in [1.82, 2.24) is 25.3 Å². The van der Waals surface area contributed by atoms with E-state index in [9.17, 15) is 4.79 Å². The largest absolute Gasteiger partial charge is 0.370 e. The van der Waals surface area contributed by atoms with Gasteiger partial charge < -0.3 is 10.6 Å². The van der Waals surface area contributed by atoms with Crippen LogP contribution < -0.4 is 10.6 Å². The van der Waals surface area contributed by atoms with Crippen molar-refractivity contribution < 1.29 is 4.79 Å². The number of rotatable bonds is 7. The molecule has 0 bridgehead atoms. The average Bonchev–Trinajstić information content (AvgIpc) is 2.83. The van der Waals surface area contributed by atoms with E-state index in [-0.39, 0.29) is 5.91 Å². The number of para-hydroxylation sites is 1. The van der Waals surface area contributed by atoms with Gasteiger partial charge in [0.25, 0.3) is 5.91 Å². The lowest BCUT2D eigenvalue weighted by atomic mass is 10.0. The number of fused-ring (bicyclic) bond motifs is 1. The molecular weight excluding hydrogens is 388 g/mol. The first kappa shape index (κ1) is 20.4. The van der Waals surface area contributed by atoms with Crippen LogP contribution in [0.3, 0.4) is 0 Å². The lowest BCUT2D eigenvalue weighted by molar-refractivity contribution is 0.0964. The number of anilines is 1. The van der Waals surface area contributed by atoms with Crippen molar-refractivity contribution in [2.75, 3.05) is 18.9 Å². The molecule has 2 N–H and O–H groups in total. The molecule has 1 aromatic carbocycles. The van der Waals surface area contributed by atoms with Gasteiger partial charge in [0.15, 0.2) is 0 Å². The summed E-state index contributed by atoms with van der Waals surface area (Å²) in [6, 6.07) is 13.6. The van der Waals surface area contributed by atoms with Gasteiger partial charge in [-0.05, 0) is 36.6 Å². The standard InChI is InChI=1S/C24H24N6O/c1-3-18-8-7-17(14-28-18)21-13-22(30-15-29-21)26-11-9-16-5-4-6-19-20(24(31)25-2)10-12-27-23(16)19/h4-8,10,12-15H,3,9,11H2,1-2H3,(H,25,31)(H,26,29,30). The maximum Gasteiger partial charge on any atom is 0.251 e. The minimum absolute atomic E-state index is 0.113. The molecule has 4 rings (SSSR count). The van der Waals surface area contributed by atoms with Gasteiger partial charge >= 0.3 is 0 Å². The number of aromatic nitrogens is 4. The van der Waals surface area contributed by atoms with Crippen molar-refractivity contribution in [3.8, 4) is 11.3 Å². The highest BCUT2D eigenvalue weighted by Crippen LogP contribution is 2.22. The second-order valence-corrected chi connectivity index (χ2v) is 7.11. The zero-order valence-electron chi connectivity index (χ0n) is 17.6. The highest BCUT2D eigenvalue weighted by molar-refractivity contribution is 6.06. The lowest BCUT2D eigenvalue weighted by Gasteiger charge is -2.10. The number of carbonyl (C=O) groups is 1. The first-order chi connectivity index (χ1) is 15.2. The number of nitrogens with zero attached hydrogens (tertiary/aromatic N) is 4. The van der Waals surface area contributed by atoms with E-state index in [0.717, 1.165) is 52.1 Å². The second kappa shape index (κ2) is 9.30. The first-order valence-corrected chi connectivity index (χ1v) is 10.3.